The summed E-state index contributed by atoms with van der Waals surface area (Å²) in [5, 5.41) is -0.338. The van der Waals surface area contributed by atoms with Gasteiger partial charge in [-0.15, -0.1) is 0 Å². The third kappa shape index (κ3) is 9.60. The first-order chi connectivity index (χ1) is 18.5. The van der Waals surface area contributed by atoms with Gasteiger partial charge < -0.3 is 18.9 Å². The van der Waals surface area contributed by atoms with Crippen LogP contribution in [0.1, 0.15) is 17.5 Å². The van der Waals surface area contributed by atoms with Crippen molar-refractivity contribution in [2.45, 2.75) is 19.0 Å². The topological polar surface area (TPSA) is 116 Å². The van der Waals surface area contributed by atoms with E-state index in [2.05, 4.69) is 4.98 Å². The summed E-state index contributed by atoms with van der Waals surface area (Å²) in [7, 11) is -2.46. The predicted molar refractivity (Wildman–Crippen MR) is 139 cm³/mol. The number of carbonyl (C=O) groups is 1. The van der Waals surface area contributed by atoms with Gasteiger partial charge in [-0.1, -0.05) is 17.7 Å². The zero-order valence-corrected chi connectivity index (χ0v) is 23.2. The molecule has 2 heterocycles. The van der Waals surface area contributed by atoms with Crippen LogP contribution < -0.4 is 14.2 Å². The van der Waals surface area contributed by atoms with Crippen molar-refractivity contribution in [3.05, 3.63) is 46.6 Å². The van der Waals surface area contributed by atoms with Crippen LogP contribution >= 0.6 is 23.4 Å². The Kier molecular flexibility index (Phi) is 11.4. The number of nitrogens with zero attached hydrogens (tertiary/aromatic N) is 2. The Morgan fingerprint density at radius 3 is 2.59 bits per heavy atom. The number of halogens is 4. The van der Waals surface area contributed by atoms with Crippen LogP contribution in [0.25, 0.3) is 0 Å². The lowest BCUT2D eigenvalue weighted by atomic mass is 10.1. The van der Waals surface area contributed by atoms with Crippen LogP contribution in [0.3, 0.4) is 0 Å². The number of nitrogens with one attached hydrogen (secondary N) is 1. The summed E-state index contributed by atoms with van der Waals surface area (Å²) in [6, 6.07) is 5.58. The van der Waals surface area contributed by atoms with Gasteiger partial charge in [0.1, 0.15) is 23.1 Å². The highest BCUT2D eigenvalue weighted by atomic mass is 35.5. The van der Waals surface area contributed by atoms with Crippen molar-refractivity contribution in [3.63, 3.8) is 0 Å². The second-order valence-electron chi connectivity index (χ2n) is 8.08. The summed E-state index contributed by atoms with van der Waals surface area (Å²) < 4.78 is 87.8. The largest absolute Gasteiger partial charge is 0.491 e. The molecule has 1 aromatic carbocycles. The Balaban J connectivity index is 1.64. The van der Waals surface area contributed by atoms with Gasteiger partial charge in [-0.3, -0.25) is 0 Å². The molecule has 2 aromatic rings. The lowest BCUT2D eigenvalue weighted by Gasteiger charge is -2.25. The zero-order chi connectivity index (χ0) is 28.5. The fraction of sp³-hybridized carbons (Fsp3) is 0.478. The van der Waals surface area contributed by atoms with Crippen molar-refractivity contribution >= 4 is 39.7 Å². The van der Waals surface area contributed by atoms with Crippen molar-refractivity contribution in [1.29, 1.82) is 0 Å². The summed E-state index contributed by atoms with van der Waals surface area (Å²) in [6.07, 6.45) is -4.51. The Hall–Kier alpha value is -2.46. The number of benzene rings is 1. The number of hydrogen-bond donors (Lipinski definition) is 1. The molecule has 1 fully saturated rings. The first kappa shape index (κ1) is 31.1. The van der Waals surface area contributed by atoms with E-state index >= 15 is 0 Å². The van der Waals surface area contributed by atoms with Crippen molar-refractivity contribution in [2.24, 2.45) is 0 Å². The third-order valence-electron chi connectivity index (χ3n) is 5.28. The number of pyridine rings is 1. The minimum absolute atomic E-state index is 0.109. The molecule has 1 N–H and O–H groups in total. The molecule has 0 aliphatic carbocycles. The van der Waals surface area contributed by atoms with E-state index in [1.807, 2.05) is 4.72 Å². The highest BCUT2D eigenvalue weighted by molar-refractivity contribution is 7.99. The van der Waals surface area contributed by atoms with Crippen LogP contribution in [0.2, 0.25) is 5.02 Å². The summed E-state index contributed by atoms with van der Waals surface area (Å²) in [5.74, 6) is 1.67. The van der Waals surface area contributed by atoms with Gasteiger partial charge in [0.05, 0.1) is 18.8 Å². The number of hydrogen-bond acceptors (Lipinski definition) is 9. The molecule has 0 atom stereocenters. The molecule has 0 radical (unpaired) electrons. The lowest BCUT2D eigenvalue weighted by molar-refractivity contribution is -0.137. The predicted octanol–water partition coefficient (Wildman–Crippen LogP) is 4.52. The smallest absolute Gasteiger partial charge is 0.421 e. The highest BCUT2D eigenvalue weighted by Crippen LogP contribution is 2.36. The Morgan fingerprint density at radius 2 is 1.92 bits per heavy atom. The summed E-state index contributed by atoms with van der Waals surface area (Å²) in [5.41, 5.74) is -0.428. The van der Waals surface area contributed by atoms with Gasteiger partial charge in [-0.2, -0.15) is 37.7 Å². The minimum atomic E-state index is -4.62. The van der Waals surface area contributed by atoms with Crippen LogP contribution in [0.4, 0.5) is 18.0 Å². The maximum Gasteiger partial charge on any atom is 0.421 e. The zero-order valence-electron chi connectivity index (χ0n) is 20.8. The van der Waals surface area contributed by atoms with Crippen LogP contribution in [-0.2, 0) is 32.3 Å². The third-order valence-corrected chi connectivity index (χ3v) is 7.96. The standard InChI is InChI=1S/C23H27ClF3N3O7S2/c1-34-9-10-35-18-5-4-16(20(14-18)37-21-19(24)13-17(15-28-21)23(25,26)27)3-2-8-36-22(31)29-39(32,33)30-6-11-38-12-7-30/h4-5,13-15H,2-3,6-12H2,1H3,(H,29,31). The van der Waals surface area contributed by atoms with Gasteiger partial charge in [0.25, 0.3) is 0 Å². The fourth-order valence-corrected chi connectivity index (χ4v) is 5.74. The van der Waals surface area contributed by atoms with E-state index < -0.39 is 28.0 Å². The molecule has 1 amide bonds. The van der Waals surface area contributed by atoms with Gasteiger partial charge >= 0.3 is 22.5 Å². The highest BCUT2D eigenvalue weighted by Gasteiger charge is 2.32. The molecule has 3 rings (SSSR count). The molecular formula is C23H27ClF3N3O7S2. The molecule has 1 aromatic heterocycles. The molecule has 0 spiro atoms. The Morgan fingerprint density at radius 1 is 1.18 bits per heavy atom. The number of methoxy groups -OCH3 is 1. The van der Waals surface area contributed by atoms with Gasteiger partial charge in [-0.05, 0) is 30.5 Å². The van der Waals surface area contributed by atoms with E-state index in [1.54, 1.807) is 23.9 Å². The summed E-state index contributed by atoms with van der Waals surface area (Å²) in [4.78, 5) is 15.7. The number of aryl methyl sites for hydroxylation is 1. The number of carbonyl (C=O) groups excluding carboxylic acids is 1. The van der Waals surface area contributed by atoms with Crippen LogP contribution in [0, 0.1) is 0 Å². The molecular weight excluding hydrogens is 587 g/mol. The van der Waals surface area contributed by atoms with Crippen LogP contribution in [0.5, 0.6) is 17.4 Å². The van der Waals surface area contributed by atoms with E-state index in [9.17, 15) is 26.4 Å². The van der Waals surface area contributed by atoms with Crippen molar-refractivity contribution in [3.8, 4) is 17.4 Å². The summed E-state index contributed by atoms with van der Waals surface area (Å²) in [6.45, 7) is 1.08. The van der Waals surface area contributed by atoms with Crippen LogP contribution in [-0.4, -0.2) is 75.3 Å². The van der Waals surface area contributed by atoms with Gasteiger partial charge in [0.15, 0.2) is 0 Å². The molecule has 1 aliphatic heterocycles. The molecule has 0 unspecified atom stereocenters. The fourth-order valence-electron chi connectivity index (χ4n) is 3.34. The van der Waals surface area contributed by atoms with E-state index in [0.29, 0.717) is 61.2 Å². The van der Waals surface area contributed by atoms with Gasteiger partial charge in [-0.25, -0.2) is 14.5 Å². The normalized spacial score (nSPS) is 14.6. The first-order valence-electron chi connectivity index (χ1n) is 11.7. The molecule has 0 saturated carbocycles. The van der Waals surface area contributed by atoms with Gasteiger partial charge in [0, 0.05) is 44.0 Å². The molecule has 0 bridgehead atoms. The molecule has 39 heavy (non-hydrogen) atoms. The maximum atomic E-state index is 13.0. The average molecular weight is 614 g/mol. The van der Waals surface area contributed by atoms with E-state index in [0.717, 1.165) is 0 Å². The SMILES string of the molecule is COCCOc1ccc(CCCOC(=O)NS(=O)(=O)N2CCSCC2)c(Oc2ncc(C(F)(F)F)cc2Cl)c1. The number of amides is 1. The average Bonchev–Trinajstić information content (AvgIpc) is 2.88. The minimum Gasteiger partial charge on any atom is -0.491 e. The van der Waals surface area contributed by atoms with E-state index in [-0.39, 0.29) is 36.3 Å². The molecule has 1 aliphatic rings. The monoisotopic (exact) mass is 613 g/mol. The number of rotatable bonds is 12. The van der Waals surface area contributed by atoms with Crippen LogP contribution in [0.15, 0.2) is 30.5 Å². The van der Waals surface area contributed by atoms with Gasteiger partial charge in [0.2, 0.25) is 5.88 Å². The summed E-state index contributed by atoms with van der Waals surface area (Å²) >= 11 is 7.62. The van der Waals surface area contributed by atoms with E-state index in [4.69, 9.17) is 30.5 Å². The quantitative estimate of drug-likeness (QED) is 0.345. The second kappa shape index (κ2) is 14.3. The molecule has 1 saturated heterocycles. The number of aromatic nitrogens is 1. The van der Waals surface area contributed by atoms with Crippen molar-refractivity contribution in [2.75, 3.05) is 51.5 Å². The number of ether oxygens (including phenoxy) is 4. The Bertz CT molecular complexity index is 1230. The van der Waals surface area contributed by atoms with Crippen molar-refractivity contribution in [1.82, 2.24) is 14.0 Å². The Labute approximate surface area is 233 Å². The molecule has 16 heteroatoms. The van der Waals surface area contributed by atoms with Crippen molar-refractivity contribution < 1.29 is 45.3 Å². The molecule has 10 nitrogen and oxygen atoms in total. The molecule has 216 valence electrons. The maximum absolute atomic E-state index is 13.0. The first-order valence-corrected chi connectivity index (χ1v) is 14.6. The number of alkyl halides is 3. The lowest BCUT2D eigenvalue weighted by Crippen LogP contribution is -2.47. The number of thioether (sulfide) groups is 1. The van der Waals surface area contributed by atoms with E-state index in [1.165, 1.54) is 17.5 Å². The second-order valence-corrected chi connectivity index (χ2v) is 11.4.